The number of carbonyl (C=O) groups excluding carboxylic acids is 1. The molecule has 0 saturated carbocycles. The molecule has 2 atom stereocenters. The van der Waals surface area contributed by atoms with Gasteiger partial charge in [0.1, 0.15) is 11.6 Å². The van der Waals surface area contributed by atoms with Gasteiger partial charge in [0.15, 0.2) is 0 Å². The molecule has 5 nitrogen and oxygen atoms in total. The normalized spacial score (nSPS) is 21.3. The highest BCUT2D eigenvalue weighted by molar-refractivity contribution is 5.81. The summed E-state index contributed by atoms with van der Waals surface area (Å²) in [6.45, 7) is 5.09. The van der Waals surface area contributed by atoms with Crippen LogP contribution in [-0.4, -0.2) is 40.3 Å². The quantitative estimate of drug-likeness (QED) is 0.870. The van der Waals surface area contributed by atoms with Crippen LogP contribution in [0.1, 0.15) is 44.2 Å². The van der Waals surface area contributed by atoms with Crippen molar-refractivity contribution in [1.29, 1.82) is 0 Å². The first-order chi connectivity index (χ1) is 11.4. The van der Waals surface area contributed by atoms with Crippen molar-refractivity contribution < 1.29 is 32.6 Å². The second-order valence-corrected chi connectivity index (χ2v) is 7.04. The number of carbonyl (C=O) groups is 2. The lowest BCUT2D eigenvalue weighted by Gasteiger charge is -2.26. The maximum Gasteiger partial charge on any atom is 0.416 e. The number of nitrogens with zero attached hydrogens (tertiary/aromatic N) is 1. The zero-order chi connectivity index (χ0) is 19.0. The Morgan fingerprint density at radius 3 is 2.16 bits per heavy atom. The Kier molecular flexibility index (Phi) is 5.02. The van der Waals surface area contributed by atoms with Gasteiger partial charge in [0, 0.05) is 12.5 Å². The third-order valence-electron chi connectivity index (χ3n) is 3.92. The summed E-state index contributed by atoms with van der Waals surface area (Å²) < 4.78 is 43.2. The maximum absolute atomic E-state index is 12.6. The summed E-state index contributed by atoms with van der Waals surface area (Å²) in [5.41, 5.74) is -0.981. The van der Waals surface area contributed by atoms with E-state index in [-0.39, 0.29) is 18.9 Å². The van der Waals surface area contributed by atoms with Crippen LogP contribution in [0, 0.1) is 0 Å². The number of halogens is 3. The first-order valence-corrected chi connectivity index (χ1v) is 7.78. The zero-order valence-corrected chi connectivity index (χ0v) is 14.1. The number of hydrogen-bond donors (Lipinski definition) is 1. The summed E-state index contributed by atoms with van der Waals surface area (Å²) in [5, 5.41) is 9.35. The molecule has 1 aliphatic rings. The molecule has 0 bridgehead atoms. The van der Waals surface area contributed by atoms with Gasteiger partial charge < -0.3 is 9.84 Å². The summed E-state index contributed by atoms with van der Waals surface area (Å²) in [7, 11) is 0. The number of carboxylic acids is 1. The van der Waals surface area contributed by atoms with Crippen molar-refractivity contribution in [2.45, 2.75) is 50.9 Å². The van der Waals surface area contributed by atoms with Crippen molar-refractivity contribution >= 4 is 12.1 Å². The second-order valence-electron chi connectivity index (χ2n) is 7.04. The van der Waals surface area contributed by atoms with Crippen molar-refractivity contribution in [3.63, 3.8) is 0 Å². The Bertz CT molecular complexity index is 649. The third-order valence-corrected chi connectivity index (χ3v) is 3.92. The minimum absolute atomic E-state index is 0.0806. The molecule has 8 heteroatoms. The van der Waals surface area contributed by atoms with E-state index in [4.69, 9.17) is 4.74 Å². The van der Waals surface area contributed by atoms with Crippen LogP contribution in [0.3, 0.4) is 0 Å². The van der Waals surface area contributed by atoms with Crippen LogP contribution < -0.4 is 0 Å². The van der Waals surface area contributed by atoms with Crippen molar-refractivity contribution in [1.82, 2.24) is 4.90 Å². The SMILES string of the molecule is CC(C)(C)OC(=O)N1CC(c2ccc(C(F)(F)F)cc2)C[C@H]1C(=O)O. The van der Waals surface area contributed by atoms with E-state index in [1.54, 1.807) is 20.8 Å². The number of carboxylic acid groups (broad SMARTS) is 1. The number of benzene rings is 1. The van der Waals surface area contributed by atoms with Gasteiger partial charge in [-0.15, -0.1) is 0 Å². The fourth-order valence-electron chi connectivity index (χ4n) is 2.78. The molecule has 1 aliphatic heterocycles. The van der Waals surface area contributed by atoms with Gasteiger partial charge in [-0.3, -0.25) is 4.90 Å². The number of likely N-dealkylation sites (tertiary alicyclic amines) is 1. The zero-order valence-electron chi connectivity index (χ0n) is 14.1. The van der Waals surface area contributed by atoms with Crippen LogP contribution in [0.4, 0.5) is 18.0 Å². The number of ether oxygens (including phenoxy) is 1. The van der Waals surface area contributed by atoms with Crippen LogP contribution in [0.2, 0.25) is 0 Å². The van der Waals surface area contributed by atoms with Gasteiger partial charge in [-0.05, 0) is 44.9 Å². The molecular weight excluding hydrogens is 339 g/mol. The molecule has 1 aromatic rings. The predicted molar refractivity (Wildman–Crippen MR) is 83.2 cm³/mol. The first-order valence-electron chi connectivity index (χ1n) is 7.78. The molecule has 1 saturated heterocycles. The lowest BCUT2D eigenvalue weighted by molar-refractivity contribution is -0.142. The molecule has 0 aromatic heterocycles. The second kappa shape index (κ2) is 6.57. The summed E-state index contributed by atoms with van der Waals surface area (Å²) in [6, 6.07) is 3.50. The Hall–Kier alpha value is -2.25. The minimum atomic E-state index is -4.43. The van der Waals surface area contributed by atoms with Crippen LogP contribution >= 0.6 is 0 Å². The van der Waals surface area contributed by atoms with E-state index in [9.17, 15) is 27.9 Å². The molecule has 0 spiro atoms. The molecule has 0 aliphatic carbocycles. The van der Waals surface area contributed by atoms with Crippen molar-refractivity contribution in [2.75, 3.05) is 6.54 Å². The van der Waals surface area contributed by atoms with E-state index in [1.165, 1.54) is 12.1 Å². The molecule has 1 unspecified atom stereocenters. The molecule has 1 heterocycles. The number of alkyl halides is 3. The summed E-state index contributed by atoms with van der Waals surface area (Å²) >= 11 is 0. The predicted octanol–water partition coefficient (Wildman–Crippen LogP) is 3.88. The molecule has 1 N–H and O–H groups in total. The number of aliphatic carboxylic acids is 1. The molecule has 0 radical (unpaired) electrons. The van der Waals surface area contributed by atoms with Crippen molar-refractivity contribution in [2.24, 2.45) is 0 Å². The number of rotatable bonds is 2. The first kappa shape index (κ1) is 19.1. The Balaban J connectivity index is 2.19. The van der Waals surface area contributed by atoms with E-state index >= 15 is 0 Å². The van der Waals surface area contributed by atoms with Gasteiger partial charge in [-0.2, -0.15) is 13.2 Å². The molecule has 138 valence electrons. The molecule has 1 fully saturated rings. The Morgan fingerprint density at radius 2 is 1.72 bits per heavy atom. The van der Waals surface area contributed by atoms with Gasteiger partial charge in [0.05, 0.1) is 5.56 Å². The van der Waals surface area contributed by atoms with Gasteiger partial charge in [-0.1, -0.05) is 12.1 Å². The molecule has 1 aromatic carbocycles. The number of amides is 1. The largest absolute Gasteiger partial charge is 0.480 e. The van der Waals surface area contributed by atoms with E-state index in [2.05, 4.69) is 0 Å². The molecular formula is C17H20F3NO4. The fourth-order valence-corrected chi connectivity index (χ4v) is 2.78. The molecule has 25 heavy (non-hydrogen) atoms. The van der Waals surface area contributed by atoms with Crippen LogP contribution in [0.5, 0.6) is 0 Å². The van der Waals surface area contributed by atoms with Crippen molar-refractivity contribution in [3.8, 4) is 0 Å². The fraction of sp³-hybridized carbons (Fsp3) is 0.529. The monoisotopic (exact) mass is 359 g/mol. The average molecular weight is 359 g/mol. The highest BCUT2D eigenvalue weighted by Crippen LogP contribution is 2.35. The Labute approximate surface area is 143 Å². The van der Waals surface area contributed by atoms with E-state index in [0.717, 1.165) is 17.0 Å². The van der Waals surface area contributed by atoms with Gasteiger partial charge in [0.2, 0.25) is 0 Å². The molecule has 2 rings (SSSR count). The van der Waals surface area contributed by atoms with Gasteiger partial charge in [0.25, 0.3) is 0 Å². The summed E-state index contributed by atoms with van der Waals surface area (Å²) in [4.78, 5) is 24.8. The molecule has 1 amide bonds. The van der Waals surface area contributed by atoms with Gasteiger partial charge >= 0.3 is 18.2 Å². The maximum atomic E-state index is 12.6. The van der Waals surface area contributed by atoms with E-state index in [1.807, 2.05) is 0 Å². The van der Waals surface area contributed by atoms with Crippen LogP contribution in [0.25, 0.3) is 0 Å². The third kappa shape index (κ3) is 4.64. The summed E-state index contributed by atoms with van der Waals surface area (Å²) in [5.74, 6) is -1.53. The minimum Gasteiger partial charge on any atom is -0.480 e. The number of hydrogen-bond acceptors (Lipinski definition) is 3. The average Bonchev–Trinajstić information content (AvgIpc) is 2.90. The lowest BCUT2D eigenvalue weighted by Crippen LogP contribution is -2.43. The lowest BCUT2D eigenvalue weighted by atomic mass is 9.95. The highest BCUT2D eigenvalue weighted by Gasteiger charge is 2.42. The highest BCUT2D eigenvalue weighted by atomic mass is 19.4. The van der Waals surface area contributed by atoms with E-state index < -0.39 is 35.4 Å². The smallest absolute Gasteiger partial charge is 0.416 e. The van der Waals surface area contributed by atoms with Gasteiger partial charge in [-0.25, -0.2) is 9.59 Å². The topological polar surface area (TPSA) is 66.8 Å². The van der Waals surface area contributed by atoms with Crippen molar-refractivity contribution in [3.05, 3.63) is 35.4 Å². The van der Waals surface area contributed by atoms with E-state index in [0.29, 0.717) is 5.56 Å². The van der Waals surface area contributed by atoms with Crippen LogP contribution in [0.15, 0.2) is 24.3 Å². The Morgan fingerprint density at radius 1 is 1.16 bits per heavy atom. The summed E-state index contributed by atoms with van der Waals surface area (Å²) in [6.07, 6.45) is -5.05. The van der Waals surface area contributed by atoms with Crippen LogP contribution in [-0.2, 0) is 15.7 Å². The standard InChI is InChI=1S/C17H20F3NO4/c1-16(2,3)25-15(24)21-9-11(8-13(21)14(22)23)10-4-6-12(7-5-10)17(18,19)20/h4-7,11,13H,8-9H2,1-3H3,(H,22,23)/t11?,13-/m0/s1.